The maximum absolute atomic E-state index is 13.7. The summed E-state index contributed by atoms with van der Waals surface area (Å²) in [4.78, 5) is 12.0. The molecule has 1 aromatic rings. The summed E-state index contributed by atoms with van der Waals surface area (Å²) in [5, 5.41) is 2.73. The van der Waals surface area contributed by atoms with E-state index in [9.17, 15) is 9.18 Å². The standard InChI is InChI=1S/C17H25FN2O2/c1-15(2,3)22-14(21)20-13-7-6-11(18)8-12(13)17(10-19)9-16(17,4)5/h6-8H,9-10,19H2,1-5H3,(H,20,21). The molecule has 1 saturated carbocycles. The maximum Gasteiger partial charge on any atom is 0.412 e. The molecule has 1 aliphatic carbocycles. The minimum absolute atomic E-state index is 0.0140. The molecule has 1 amide bonds. The van der Waals surface area contributed by atoms with Crippen LogP contribution in [-0.4, -0.2) is 18.2 Å². The highest BCUT2D eigenvalue weighted by atomic mass is 19.1. The number of benzene rings is 1. The van der Waals surface area contributed by atoms with Crippen LogP contribution in [0.3, 0.4) is 0 Å². The van der Waals surface area contributed by atoms with E-state index in [4.69, 9.17) is 10.5 Å². The second kappa shape index (κ2) is 5.23. The van der Waals surface area contributed by atoms with E-state index >= 15 is 0 Å². The fourth-order valence-corrected chi connectivity index (χ4v) is 3.06. The minimum atomic E-state index is -0.589. The summed E-state index contributed by atoms with van der Waals surface area (Å²) < 4.78 is 19.0. The lowest BCUT2D eigenvalue weighted by Crippen LogP contribution is -2.30. The third-order valence-corrected chi connectivity index (χ3v) is 4.40. The molecule has 0 aliphatic heterocycles. The van der Waals surface area contributed by atoms with Gasteiger partial charge in [0.15, 0.2) is 0 Å². The Morgan fingerprint density at radius 3 is 2.45 bits per heavy atom. The highest BCUT2D eigenvalue weighted by molar-refractivity contribution is 5.86. The quantitative estimate of drug-likeness (QED) is 0.892. The monoisotopic (exact) mass is 308 g/mol. The number of hydrogen-bond donors (Lipinski definition) is 2. The van der Waals surface area contributed by atoms with Crippen molar-refractivity contribution in [3.63, 3.8) is 0 Å². The van der Waals surface area contributed by atoms with Crippen molar-refractivity contribution in [2.45, 2.75) is 52.1 Å². The average molecular weight is 308 g/mol. The van der Waals surface area contributed by atoms with Gasteiger partial charge in [0.25, 0.3) is 0 Å². The normalized spacial score (nSPS) is 23.0. The van der Waals surface area contributed by atoms with Crippen LogP contribution in [0.25, 0.3) is 0 Å². The van der Waals surface area contributed by atoms with Crippen LogP contribution < -0.4 is 11.1 Å². The first-order chi connectivity index (χ1) is 10.0. The number of nitrogens with two attached hydrogens (primary N) is 1. The summed E-state index contributed by atoms with van der Waals surface area (Å²) >= 11 is 0. The van der Waals surface area contributed by atoms with E-state index in [1.807, 2.05) is 0 Å². The number of rotatable bonds is 3. The highest BCUT2D eigenvalue weighted by Gasteiger charge is 2.61. The number of carbonyl (C=O) groups is 1. The van der Waals surface area contributed by atoms with Crippen molar-refractivity contribution in [3.05, 3.63) is 29.6 Å². The van der Waals surface area contributed by atoms with Crippen LogP contribution in [0.2, 0.25) is 0 Å². The van der Waals surface area contributed by atoms with Crippen LogP contribution in [0, 0.1) is 11.2 Å². The molecule has 4 nitrogen and oxygen atoms in total. The summed E-state index contributed by atoms with van der Waals surface area (Å²) in [5.41, 5.74) is 6.36. The molecule has 1 aliphatic rings. The van der Waals surface area contributed by atoms with E-state index in [0.29, 0.717) is 12.2 Å². The van der Waals surface area contributed by atoms with E-state index in [2.05, 4.69) is 19.2 Å². The number of ether oxygens (including phenoxy) is 1. The molecule has 3 N–H and O–H groups in total. The fraction of sp³-hybridized carbons (Fsp3) is 0.588. The molecule has 0 saturated heterocycles. The van der Waals surface area contributed by atoms with Gasteiger partial charge in [0.05, 0.1) is 0 Å². The van der Waals surface area contributed by atoms with Gasteiger partial charge in [0.1, 0.15) is 11.4 Å². The lowest BCUT2D eigenvalue weighted by molar-refractivity contribution is 0.0635. The maximum atomic E-state index is 13.7. The molecule has 22 heavy (non-hydrogen) atoms. The predicted molar refractivity (Wildman–Crippen MR) is 85.4 cm³/mol. The van der Waals surface area contributed by atoms with Crippen LogP contribution >= 0.6 is 0 Å². The van der Waals surface area contributed by atoms with Crippen molar-refractivity contribution >= 4 is 11.8 Å². The molecular weight excluding hydrogens is 283 g/mol. The molecule has 0 spiro atoms. The van der Waals surface area contributed by atoms with Crippen molar-refractivity contribution < 1.29 is 13.9 Å². The number of carbonyl (C=O) groups excluding carboxylic acids is 1. The summed E-state index contributed by atoms with van der Waals surface area (Å²) in [7, 11) is 0. The molecular formula is C17H25FN2O2. The Hall–Kier alpha value is -1.62. The van der Waals surface area contributed by atoms with Gasteiger partial charge in [0, 0.05) is 17.6 Å². The molecule has 0 aromatic heterocycles. The number of hydrogen-bond acceptors (Lipinski definition) is 3. The van der Waals surface area contributed by atoms with E-state index in [1.54, 1.807) is 26.8 Å². The molecule has 1 atom stereocenters. The topological polar surface area (TPSA) is 64.3 Å². The highest BCUT2D eigenvalue weighted by Crippen LogP contribution is 2.64. The lowest BCUT2D eigenvalue weighted by Gasteiger charge is -2.24. The van der Waals surface area contributed by atoms with Crippen LogP contribution in [-0.2, 0) is 10.2 Å². The number of halogens is 1. The molecule has 2 rings (SSSR count). The van der Waals surface area contributed by atoms with Gasteiger partial charge >= 0.3 is 6.09 Å². The smallest absolute Gasteiger partial charge is 0.412 e. The minimum Gasteiger partial charge on any atom is -0.444 e. The molecule has 122 valence electrons. The Labute approximate surface area is 131 Å². The Morgan fingerprint density at radius 1 is 1.41 bits per heavy atom. The van der Waals surface area contributed by atoms with Crippen LogP contribution in [0.4, 0.5) is 14.9 Å². The van der Waals surface area contributed by atoms with Gasteiger partial charge in [-0.1, -0.05) is 13.8 Å². The third-order valence-electron chi connectivity index (χ3n) is 4.40. The van der Waals surface area contributed by atoms with E-state index < -0.39 is 11.7 Å². The lowest BCUT2D eigenvalue weighted by atomic mass is 9.86. The zero-order valence-electron chi connectivity index (χ0n) is 13.9. The number of nitrogens with one attached hydrogen (secondary N) is 1. The van der Waals surface area contributed by atoms with Crippen LogP contribution in [0.1, 0.15) is 46.6 Å². The van der Waals surface area contributed by atoms with Gasteiger partial charge in [-0.05, 0) is 56.4 Å². The second-order valence-corrected chi connectivity index (χ2v) is 7.66. The largest absolute Gasteiger partial charge is 0.444 e. The zero-order valence-corrected chi connectivity index (χ0v) is 13.9. The molecule has 1 aromatic carbocycles. The second-order valence-electron chi connectivity index (χ2n) is 7.66. The Bertz CT molecular complexity index is 593. The van der Waals surface area contributed by atoms with E-state index in [1.165, 1.54) is 12.1 Å². The summed E-state index contributed by atoms with van der Waals surface area (Å²) in [6, 6.07) is 4.37. The zero-order chi connectivity index (χ0) is 16.8. The van der Waals surface area contributed by atoms with Gasteiger partial charge in [-0.25, -0.2) is 9.18 Å². The first-order valence-corrected chi connectivity index (χ1v) is 7.51. The molecule has 1 fully saturated rings. The van der Waals surface area contributed by atoms with Crippen molar-refractivity contribution in [2.75, 3.05) is 11.9 Å². The van der Waals surface area contributed by atoms with Crippen molar-refractivity contribution in [1.82, 2.24) is 0 Å². The first-order valence-electron chi connectivity index (χ1n) is 7.51. The third kappa shape index (κ3) is 3.09. The van der Waals surface area contributed by atoms with Gasteiger partial charge in [0.2, 0.25) is 0 Å². The van der Waals surface area contributed by atoms with Gasteiger partial charge in [-0.2, -0.15) is 0 Å². The van der Waals surface area contributed by atoms with Gasteiger partial charge in [-0.15, -0.1) is 0 Å². The molecule has 5 heteroatoms. The van der Waals surface area contributed by atoms with Crippen molar-refractivity contribution in [1.29, 1.82) is 0 Å². The summed E-state index contributed by atoms with van der Waals surface area (Å²) in [5.74, 6) is -0.333. The van der Waals surface area contributed by atoms with Crippen LogP contribution in [0.5, 0.6) is 0 Å². The SMILES string of the molecule is CC(C)(C)OC(=O)Nc1ccc(F)cc1C1(CN)CC1(C)C. The molecule has 1 unspecified atom stereocenters. The van der Waals surface area contributed by atoms with Crippen LogP contribution in [0.15, 0.2) is 18.2 Å². The fourth-order valence-electron chi connectivity index (χ4n) is 3.06. The summed E-state index contributed by atoms with van der Waals surface area (Å²) in [6.07, 6.45) is 0.314. The number of amides is 1. The van der Waals surface area contributed by atoms with Crippen molar-refractivity contribution in [2.24, 2.45) is 11.1 Å². The molecule has 0 radical (unpaired) electrons. The first kappa shape index (κ1) is 16.7. The summed E-state index contributed by atoms with van der Waals surface area (Å²) in [6.45, 7) is 9.99. The van der Waals surface area contributed by atoms with Gasteiger partial charge in [-0.3, -0.25) is 5.32 Å². The van der Waals surface area contributed by atoms with E-state index in [-0.39, 0.29) is 16.6 Å². The predicted octanol–water partition coefficient (Wildman–Crippen LogP) is 3.80. The average Bonchev–Trinajstić information content (AvgIpc) is 2.92. The molecule has 0 heterocycles. The van der Waals surface area contributed by atoms with Gasteiger partial charge < -0.3 is 10.5 Å². The number of anilines is 1. The van der Waals surface area contributed by atoms with Crippen molar-refractivity contribution in [3.8, 4) is 0 Å². The Kier molecular flexibility index (Phi) is 3.98. The van der Waals surface area contributed by atoms with E-state index in [0.717, 1.165) is 12.0 Å². The molecule has 0 bridgehead atoms. The Morgan fingerprint density at radius 2 is 2.00 bits per heavy atom. The Balaban J connectivity index is 2.32.